The summed E-state index contributed by atoms with van der Waals surface area (Å²) in [4.78, 5) is 19.9. The van der Waals surface area contributed by atoms with Crippen LogP contribution in [0.1, 0.15) is 12.8 Å². The molecule has 1 atom stereocenters. The quantitative estimate of drug-likeness (QED) is 0.560. The SMILES string of the molecule is N[C@@H](CCC(=O)O)C(=O)O.[O]=[V]. The van der Waals surface area contributed by atoms with Gasteiger partial charge in [0.05, 0.1) is 0 Å². The Balaban J connectivity index is 0. The third-order valence-corrected chi connectivity index (χ3v) is 0.986. The van der Waals surface area contributed by atoms with Gasteiger partial charge < -0.3 is 15.9 Å². The van der Waals surface area contributed by atoms with E-state index >= 15 is 0 Å². The Hall–Kier alpha value is -0.716. The zero-order valence-corrected chi connectivity index (χ0v) is 7.53. The van der Waals surface area contributed by atoms with E-state index in [1.54, 1.807) is 0 Å². The van der Waals surface area contributed by atoms with Crippen molar-refractivity contribution in [2.45, 2.75) is 18.9 Å². The van der Waals surface area contributed by atoms with Crippen LogP contribution in [0.4, 0.5) is 0 Å². The normalized spacial score (nSPS) is 10.7. The Bertz CT molecular complexity index is 162. The van der Waals surface area contributed by atoms with Crippen molar-refractivity contribution >= 4 is 11.9 Å². The van der Waals surface area contributed by atoms with Crippen LogP contribution in [0.2, 0.25) is 0 Å². The third-order valence-electron chi connectivity index (χ3n) is 0.986. The fraction of sp³-hybridized carbons (Fsp3) is 0.600. The number of hydrogen-bond acceptors (Lipinski definition) is 4. The molecular weight excluding hydrogens is 205 g/mol. The molecule has 0 rings (SSSR count). The fourth-order valence-electron chi connectivity index (χ4n) is 0.402. The van der Waals surface area contributed by atoms with E-state index in [1.807, 2.05) is 0 Å². The van der Waals surface area contributed by atoms with Crippen molar-refractivity contribution in [1.82, 2.24) is 0 Å². The van der Waals surface area contributed by atoms with Crippen molar-refractivity contribution in [1.29, 1.82) is 0 Å². The molecule has 0 unspecified atom stereocenters. The van der Waals surface area contributed by atoms with E-state index in [4.69, 9.17) is 19.6 Å². The summed E-state index contributed by atoms with van der Waals surface area (Å²) in [5.74, 6) is -2.20. The molecule has 0 radical (unpaired) electrons. The average molecular weight is 214 g/mol. The molecule has 0 aliphatic heterocycles. The molecule has 0 aliphatic rings. The summed E-state index contributed by atoms with van der Waals surface area (Å²) in [7, 11) is 0. The van der Waals surface area contributed by atoms with E-state index in [1.165, 1.54) is 0 Å². The van der Waals surface area contributed by atoms with Crippen LogP contribution in [-0.2, 0) is 30.6 Å². The van der Waals surface area contributed by atoms with Gasteiger partial charge in [0.25, 0.3) is 0 Å². The maximum absolute atomic E-state index is 9.99. The van der Waals surface area contributed by atoms with Crippen molar-refractivity contribution in [3.8, 4) is 0 Å². The van der Waals surface area contributed by atoms with Gasteiger partial charge in [-0.25, -0.2) is 0 Å². The van der Waals surface area contributed by atoms with Gasteiger partial charge in [-0.3, -0.25) is 9.59 Å². The van der Waals surface area contributed by atoms with Gasteiger partial charge in [-0.1, -0.05) is 0 Å². The fourth-order valence-corrected chi connectivity index (χ4v) is 0.402. The van der Waals surface area contributed by atoms with Gasteiger partial charge in [-0.05, 0) is 6.42 Å². The molecule has 0 bridgehead atoms. The summed E-state index contributed by atoms with van der Waals surface area (Å²) in [6.45, 7) is 0. The number of carboxylic acid groups (broad SMARTS) is 2. The Morgan fingerprint density at radius 2 is 1.75 bits per heavy atom. The van der Waals surface area contributed by atoms with Crippen molar-refractivity contribution in [3.05, 3.63) is 0 Å². The van der Waals surface area contributed by atoms with Crippen LogP contribution >= 0.6 is 0 Å². The van der Waals surface area contributed by atoms with E-state index in [-0.39, 0.29) is 12.8 Å². The predicted molar refractivity (Wildman–Crippen MR) is 33.2 cm³/mol. The number of carboxylic acids is 2. The molecule has 0 spiro atoms. The Kier molecular flexibility index (Phi) is 9.67. The Morgan fingerprint density at radius 1 is 1.33 bits per heavy atom. The zero-order valence-electron chi connectivity index (χ0n) is 6.14. The zero-order chi connectivity index (χ0) is 10.1. The molecule has 0 heterocycles. The molecule has 0 saturated heterocycles. The molecule has 0 aromatic carbocycles. The molecule has 12 heavy (non-hydrogen) atoms. The monoisotopic (exact) mass is 214 g/mol. The van der Waals surface area contributed by atoms with Crippen LogP contribution in [0.15, 0.2) is 0 Å². The molecule has 4 N–H and O–H groups in total. The average Bonchev–Trinajstić information content (AvgIpc) is 2.03. The van der Waals surface area contributed by atoms with E-state index < -0.39 is 18.0 Å². The number of nitrogens with two attached hydrogens (primary N) is 1. The van der Waals surface area contributed by atoms with Crippen molar-refractivity contribution in [2.75, 3.05) is 0 Å². The van der Waals surface area contributed by atoms with E-state index in [9.17, 15) is 9.59 Å². The topological polar surface area (TPSA) is 118 Å². The number of hydrogen-bond donors (Lipinski definition) is 3. The van der Waals surface area contributed by atoms with Gasteiger partial charge >= 0.3 is 33.0 Å². The van der Waals surface area contributed by atoms with Crippen LogP contribution in [0, 0.1) is 0 Å². The van der Waals surface area contributed by atoms with Crippen LogP contribution in [0.5, 0.6) is 0 Å². The van der Waals surface area contributed by atoms with E-state index in [2.05, 4.69) is 0 Å². The first-order valence-electron chi connectivity index (χ1n) is 2.92. The van der Waals surface area contributed by atoms with Crippen LogP contribution < -0.4 is 5.73 Å². The Morgan fingerprint density at radius 3 is 2.00 bits per heavy atom. The summed E-state index contributed by atoms with van der Waals surface area (Å²) >= 11 is 1.06. The molecule has 6 nitrogen and oxygen atoms in total. The minimum absolute atomic E-state index is 0.0231. The van der Waals surface area contributed by atoms with Gasteiger partial charge in [-0.2, -0.15) is 0 Å². The molecule has 0 fully saturated rings. The van der Waals surface area contributed by atoms with E-state index in [0.29, 0.717) is 0 Å². The standard InChI is InChI=1S/C5H9NO4.O.V/c6-3(5(9)10)1-2-4(7)8;;/h3H,1-2,6H2,(H,7,8)(H,9,10);;/t3-;;/m0../s1. The van der Waals surface area contributed by atoms with Crippen molar-refractivity contribution in [2.24, 2.45) is 5.73 Å². The number of carbonyl (C=O) groups is 2. The van der Waals surface area contributed by atoms with Crippen molar-refractivity contribution < 1.29 is 40.8 Å². The molecule has 0 aromatic rings. The van der Waals surface area contributed by atoms with Gasteiger partial charge in [0, 0.05) is 6.42 Å². The van der Waals surface area contributed by atoms with Gasteiger partial charge in [-0.15, -0.1) is 0 Å². The van der Waals surface area contributed by atoms with Gasteiger partial charge in [0.15, 0.2) is 0 Å². The summed E-state index contributed by atoms with van der Waals surface area (Å²) < 4.78 is 8.19. The summed E-state index contributed by atoms with van der Waals surface area (Å²) in [6.07, 6.45) is -0.224. The van der Waals surface area contributed by atoms with Crippen LogP contribution in [0.25, 0.3) is 0 Å². The predicted octanol–water partition coefficient (Wildman–Crippen LogP) is -0.858. The van der Waals surface area contributed by atoms with Crippen LogP contribution in [-0.4, -0.2) is 28.2 Å². The molecule has 0 amide bonds. The summed E-state index contributed by atoms with van der Waals surface area (Å²) in [6, 6.07) is -1.06. The summed E-state index contributed by atoms with van der Waals surface area (Å²) in [5, 5.41) is 16.3. The third kappa shape index (κ3) is 9.28. The molecule has 0 aromatic heterocycles. The summed E-state index contributed by atoms with van der Waals surface area (Å²) in [5.41, 5.74) is 5.00. The second-order valence-corrected chi connectivity index (χ2v) is 1.88. The molecular formula is C5H9NO5V. The first-order chi connectivity index (χ1) is 5.54. The second-order valence-electron chi connectivity index (χ2n) is 1.88. The number of rotatable bonds is 4. The van der Waals surface area contributed by atoms with Crippen molar-refractivity contribution in [3.63, 3.8) is 0 Å². The Labute approximate surface area is 78.0 Å². The molecule has 0 saturated carbocycles. The first-order valence-corrected chi connectivity index (χ1v) is 3.49. The maximum atomic E-state index is 9.99. The van der Waals surface area contributed by atoms with Crippen LogP contribution in [0.3, 0.4) is 0 Å². The minimum atomic E-state index is -1.17. The molecule has 0 aliphatic carbocycles. The number of aliphatic carboxylic acids is 2. The second kappa shape index (κ2) is 8.38. The van der Waals surface area contributed by atoms with Gasteiger partial charge in [0.1, 0.15) is 6.04 Å². The van der Waals surface area contributed by atoms with E-state index in [0.717, 1.165) is 17.4 Å². The first kappa shape index (κ1) is 13.8. The molecule has 69 valence electrons. The van der Waals surface area contributed by atoms with Gasteiger partial charge in [0.2, 0.25) is 0 Å². The molecule has 7 heteroatoms.